The highest BCUT2D eigenvalue weighted by molar-refractivity contribution is 5.92. The Balaban J connectivity index is 1.93. The number of rotatable bonds is 4. The van der Waals surface area contributed by atoms with Crippen LogP contribution in [0, 0.1) is 5.92 Å². The van der Waals surface area contributed by atoms with Gasteiger partial charge in [-0.1, -0.05) is 12.8 Å². The normalized spacial score (nSPS) is 17.4. The molecule has 1 unspecified atom stereocenters. The SMILES string of the molecule is CC(NC(=O)c1ccc(NN)cn1)C1CCCC1. The van der Waals surface area contributed by atoms with Crippen LogP contribution in [-0.4, -0.2) is 16.9 Å². The molecule has 1 heterocycles. The van der Waals surface area contributed by atoms with E-state index in [2.05, 4.69) is 22.7 Å². The van der Waals surface area contributed by atoms with Crippen molar-refractivity contribution in [2.45, 2.75) is 38.6 Å². The highest BCUT2D eigenvalue weighted by Crippen LogP contribution is 2.27. The van der Waals surface area contributed by atoms with Crippen molar-refractivity contribution < 1.29 is 4.79 Å². The second-order valence-corrected chi connectivity index (χ2v) is 4.88. The lowest BCUT2D eigenvalue weighted by molar-refractivity contribution is 0.0922. The Morgan fingerprint density at radius 1 is 1.44 bits per heavy atom. The van der Waals surface area contributed by atoms with E-state index in [0.717, 1.165) is 0 Å². The van der Waals surface area contributed by atoms with E-state index in [0.29, 0.717) is 17.3 Å². The maximum Gasteiger partial charge on any atom is 0.270 e. The fourth-order valence-electron chi connectivity index (χ4n) is 2.47. The number of anilines is 1. The van der Waals surface area contributed by atoms with Gasteiger partial charge in [0.2, 0.25) is 0 Å². The fourth-order valence-corrected chi connectivity index (χ4v) is 2.47. The summed E-state index contributed by atoms with van der Waals surface area (Å²) >= 11 is 0. The number of hydrazine groups is 1. The molecule has 1 atom stereocenters. The van der Waals surface area contributed by atoms with Gasteiger partial charge in [-0.05, 0) is 37.8 Å². The van der Waals surface area contributed by atoms with E-state index < -0.39 is 0 Å². The summed E-state index contributed by atoms with van der Waals surface area (Å²) in [7, 11) is 0. The predicted molar refractivity (Wildman–Crippen MR) is 70.9 cm³/mol. The quantitative estimate of drug-likeness (QED) is 0.559. The molecule has 5 nitrogen and oxygen atoms in total. The van der Waals surface area contributed by atoms with Crippen LogP contribution in [0.1, 0.15) is 43.1 Å². The summed E-state index contributed by atoms with van der Waals surface area (Å²) in [5, 5.41) is 3.02. The van der Waals surface area contributed by atoms with Crippen LogP contribution in [0.4, 0.5) is 5.69 Å². The van der Waals surface area contributed by atoms with Crippen molar-refractivity contribution in [1.82, 2.24) is 10.3 Å². The molecule has 5 heteroatoms. The Kier molecular flexibility index (Phi) is 4.15. The zero-order valence-corrected chi connectivity index (χ0v) is 10.6. The molecule has 1 aliphatic carbocycles. The van der Waals surface area contributed by atoms with Gasteiger partial charge < -0.3 is 10.7 Å². The molecule has 2 rings (SSSR count). The Labute approximate surface area is 107 Å². The molecule has 1 aliphatic rings. The highest BCUT2D eigenvalue weighted by Gasteiger charge is 2.23. The summed E-state index contributed by atoms with van der Waals surface area (Å²) in [6.07, 6.45) is 6.53. The molecule has 18 heavy (non-hydrogen) atoms. The maximum atomic E-state index is 12.0. The van der Waals surface area contributed by atoms with Gasteiger partial charge in [0, 0.05) is 6.04 Å². The van der Waals surface area contributed by atoms with Crippen LogP contribution in [0.2, 0.25) is 0 Å². The van der Waals surface area contributed by atoms with Gasteiger partial charge >= 0.3 is 0 Å². The number of amides is 1. The van der Waals surface area contributed by atoms with E-state index >= 15 is 0 Å². The topological polar surface area (TPSA) is 80.0 Å². The Hall–Kier alpha value is -1.62. The number of nitrogen functional groups attached to an aromatic ring is 1. The van der Waals surface area contributed by atoms with Crippen molar-refractivity contribution in [3.8, 4) is 0 Å². The molecule has 98 valence electrons. The molecule has 0 radical (unpaired) electrons. The fraction of sp³-hybridized carbons (Fsp3) is 0.538. The monoisotopic (exact) mass is 248 g/mol. The molecule has 1 saturated carbocycles. The minimum atomic E-state index is -0.113. The third-order valence-corrected chi connectivity index (χ3v) is 3.63. The first-order valence-corrected chi connectivity index (χ1v) is 6.44. The molecule has 1 aromatic heterocycles. The summed E-state index contributed by atoms with van der Waals surface area (Å²) in [4.78, 5) is 16.1. The number of nitrogens with one attached hydrogen (secondary N) is 2. The lowest BCUT2D eigenvalue weighted by Gasteiger charge is -2.20. The minimum absolute atomic E-state index is 0.113. The van der Waals surface area contributed by atoms with Crippen molar-refractivity contribution in [2.24, 2.45) is 11.8 Å². The first-order valence-electron chi connectivity index (χ1n) is 6.44. The zero-order chi connectivity index (χ0) is 13.0. The first kappa shape index (κ1) is 12.8. The summed E-state index contributed by atoms with van der Waals surface area (Å²) in [5.74, 6) is 5.75. The molecule has 0 aliphatic heterocycles. The van der Waals surface area contributed by atoms with Crippen LogP contribution in [0.5, 0.6) is 0 Å². The van der Waals surface area contributed by atoms with Crippen molar-refractivity contribution in [1.29, 1.82) is 0 Å². The number of nitrogens with zero attached hydrogens (tertiary/aromatic N) is 1. The molecular weight excluding hydrogens is 228 g/mol. The van der Waals surface area contributed by atoms with Crippen LogP contribution in [0.25, 0.3) is 0 Å². The van der Waals surface area contributed by atoms with Crippen molar-refractivity contribution in [2.75, 3.05) is 5.43 Å². The lowest BCUT2D eigenvalue weighted by Crippen LogP contribution is -2.37. The third-order valence-electron chi connectivity index (χ3n) is 3.63. The summed E-state index contributed by atoms with van der Waals surface area (Å²) in [5.41, 5.74) is 3.60. The highest BCUT2D eigenvalue weighted by atomic mass is 16.1. The average molecular weight is 248 g/mol. The standard InChI is InChI=1S/C13H20N4O/c1-9(10-4-2-3-5-10)16-13(18)12-7-6-11(17-14)8-15-12/h6-10,17H,2-5,14H2,1H3,(H,16,18). The van der Waals surface area contributed by atoms with Gasteiger partial charge in [-0.15, -0.1) is 0 Å². The van der Waals surface area contributed by atoms with Crippen molar-refractivity contribution in [3.05, 3.63) is 24.0 Å². The molecule has 0 spiro atoms. The van der Waals surface area contributed by atoms with Crippen LogP contribution in [-0.2, 0) is 0 Å². The molecule has 1 aromatic rings. The number of pyridine rings is 1. The van der Waals surface area contributed by atoms with Crippen molar-refractivity contribution >= 4 is 11.6 Å². The summed E-state index contributed by atoms with van der Waals surface area (Å²) < 4.78 is 0. The van der Waals surface area contributed by atoms with E-state index in [1.54, 1.807) is 18.3 Å². The van der Waals surface area contributed by atoms with E-state index in [-0.39, 0.29) is 11.9 Å². The van der Waals surface area contributed by atoms with Gasteiger partial charge in [0.05, 0.1) is 11.9 Å². The zero-order valence-electron chi connectivity index (χ0n) is 10.6. The van der Waals surface area contributed by atoms with Crippen LogP contribution >= 0.6 is 0 Å². The van der Waals surface area contributed by atoms with E-state index in [9.17, 15) is 4.79 Å². The van der Waals surface area contributed by atoms with Gasteiger partial charge in [-0.2, -0.15) is 0 Å². The number of nitrogens with two attached hydrogens (primary N) is 1. The molecule has 4 N–H and O–H groups in total. The van der Waals surface area contributed by atoms with Gasteiger partial charge in [0.1, 0.15) is 5.69 Å². The number of aromatic nitrogens is 1. The molecule has 0 saturated heterocycles. The van der Waals surface area contributed by atoms with Crippen LogP contribution in [0.3, 0.4) is 0 Å². The Morgan fingerprint density at radius 3 is 2.72 bits per heavy atom. The summed E-state index contributed by atoms with van der Waals surface area (Å²) in [6.45, 7) is 2.07. The largest absolute Gasteiger partial charge is 0.348 e. The predicted octanol–water partition coefficient (Wildman–Crippen LogP) is 1.68. The van der Waals surface area contributed by atoms with Gasteiger partial charge in [0.25, 0.3) is 5.91 Å². The molecule has 0 aromatic carbocycles. The summed E-state index contributed by atoms with van der Waals surface area (Å²) in [6, 6.07) is 3.63. The van der Waals surface area contributed by atoms with Gasteiger partial charge in [0.15, 0.2) is 0 Å². The Bertz CT molecular complexity index is 398. The number of hydrogen-bond donors (Lipinski definition) is 3. The lowest BCUT2D eigenvalue weighted by atomic mass is 10.00. The third kappa shape index (κ3) is 2.98. The van der Waals surface area contributed by atoms with E-state index in [1.807, 2.05) is 0 Å². The van der Waals surface area contributed by atoms with Crippen LogP contribution in [0.15, 0.2) is 18.3 Å². The van der Waals surface area contributed by atoms with E-state index in [1.165, 1.54) is 25.7 Å². The van der Waals surface area contributed by atoms with Crippen LogP contribution < -0.4 is 16.6 Å². The smallest absolute Gasteiger partial charge is 0.270 e. The first-order chi connectivity index (χ1) is 8.70. The molecule has 1 amide bonds. The second-order valence-electron chi connectivity index (χ2n) is 4.88. The molecule has 1 fully saturated rings. The van der Waals surface area contributed by atoms with Gasteiger partial charge in [-0.25, -0.2) is 4.98 Å². The molecular formula is C13H20N4O. The van der Waals surface area contributed by atoms with E-state index in [4.69, 9.17) is 5.84 Å². The minimum Gasteiger partial charge on any atom is -0.348 e. The number of carbonyl (C=O) groups excluding carboxylic acids is 1. The number of hydrogen-bond acceptors (Lipinski definition) is 4. The maximum absolute atomic E-state index is 12.0. The molecule has 0 bridgehead atoms. The second kappa shape index (κ2) is 5.82. The van der Waals surface area contributed by atoms with Gasteiger partial charge in [-0.3, -0.25) is 10.6 Å². The van der Waals surface area contributed by atoms with Crippen molar-refractivity contribution in [3.63, 3.8) is 0 Å². The average Bonchev–Trinajstić information content (AvgIpc) is 2.92. The Morgan fingerprint density at radius 2 is 2.17 bits per heavy atom. The number of carbonyl (C=O) groups is 1.